The standard InChI is InChI=1S/C10H17N3O3S/c1-13-6-10(4-9(13)5-11)17(14,15)12-8-2-3-16-7-8/h4,6,8,12H,2-3,5,7,11H2,1H3. The molecular formula is C10H17N3O3S. The number of hydrogen-bond donors (Lipinski definition) is 2. The fraction of sp³-hybridized carbons (Fsp3) is 0.600. The molecular weight excluding hydrogens is 242 g/mol. The summed E-state index contributed by atoms with van der Waals surface area (Å²) in [4.78, 5) is 0.257. The van der Waals surface area contributed by atoms with E-state index in [0.29, 0.717) is 19.8 Å². The number of nitrogens with zero attached hydrogens (tertiary/aromatic N) is 1. The molecule has 6 nitrogen and oxygen atoms in total. The van der Waals surface area contributed by atoms with Crippen LogP contribution in [0.5, 0.6) is 0 Å². The van der Waals surface area contributed by atoms with E-state index in [-0.39, 0.29) is 10.9 Å². The van der Waals surface area contributed by atoms with Crippen molar-refractivity contribution in [3.63, 3.8) is 0 Å². The Bertz CT molecular complexity index is 489. The summed E-state index contributed by atoms with van der Waals surface area (Å²) in [5.41, 5.74) is 6.30. The lowest BCUT2D eigenvalue weighted by Gasteiger charge is -2.09. The number of aryl methyl sites for hydroxylation is 1. The third-order valence-electron chi connectivity index (χ3n) is 2.85. The summed E-state index contributed by atoms with van der Waals surface area (Å²) in [5, 5.41) is 0. The zero-order valence-corrected chi connectivity index (χ0v) is 10.5. The second-order valence-corrected chi connectivity index (χ2v) is 5.88. The van der Waals surface area contributed by atoms with Gasteiger partial charge in [0.05, 0.1) is 11.5 Å². The Morgan fingerprint density at radius 1 is 1.65 bits per heavy atom. The summed E-state index contributed by atoms with van der Waals surface area (Å²) >= 11 is 0. The number of aromatic nitrogens is 1. The quantitative estimate of drug-likeness (QED) is 0.767. The monoisotopic (exact) mass is 259 g/mol. The smallest absolute Gasteiger partial charge is 0.242 e. The molecule has 7 heteroatoms. The molecule has 0 saturated carbocycles. The highest BCUT2D eigenvalue weighted by Crippen LogP contribution is 2.15. The van der Waals surface area contributed by atoms with Crippen LogP contribution >= 0.6 is 0 Å². The molecule has 2 rings (SSSR count). The summed E-state index contributed by atoms with van der Waals surface area (Å²) in [6.07, 6.45) is 2.29. The highest BCUT2D eigenvalue weighted by Gasteiger charge is 2.24. The lowest BCUT2D eigenvalue weighted by molar-refractivity contribution is 0.192. The molecule has 17 heavy (non-hydrogen) atoms. The first-order valence-electron chi connectivity index (χ1n) is 5.48. The zero-order valence-electron chi connectivity index (χ0n) is 9.72. The van der Waals surface area contributed by atoms with Crippen LogP contribution in [0.1, 0.15) is 12.1 Å². The molecule has 1 unspecified atom stereocenters. The van der Waals surface area contributed by atoms with E-state index < -0.39 is 10.0 Å². The molecule has 1 aliphatic rings. The molecule has 0 radical (unpaired) electrons. The zero-order chi connectivity index (χ0) is 12.5. The van der Waals surface area contributed by atoms with Crippen LogP contribution < -0.4 is 10.5 Å². The number of nitrogens with two attached hydrogens (primary N) is 1. The Morgan fingerprint density at radius 2 is 2.41 bits per heavy atom. The highest BCUT2D eigenvalue weighted by atomic mass is 32.2. The van der Waals surface area contributed by atoms with Crippen molar-refractivity contribution in [3.8, 4) is 0 Å². The molecule has 0 aliphatic carbocycles. The van der Waals surface area contributed by atoms with E-state index in [4.69, 9.17) is 10.5 Å². The average Bonchev–Trinajstić information content (AvgIpc) is 2.87. The van der Waals surface area contributed by atoms with Crippen molar-refractivity contribution in [2.24, 2.45) is 12.8 Å². The molecule has 3 N–H and O–H groups in total. The molecule has 1 atom stereocenters. The normalized spacial score (nSPS) is 20.9. The van der Waals surface area contributed by atoms with E-state index >= 15 is 0 Å². The van der Waals surface area contributed by atoms with Gasteiger partial charge in [0.1, 0.15) is 0 Å². The van der Waals surface area contributed by atoms with Gasteiger partial charge in [-0.15, -0.1) is 0 Å². The number of rotatable bonds is 4. The predicted molar refractivity (Wildman–Crippen MR) is 62.8 cm³/mol. The van der Waals surface area contributed by atoms with Crippen LogP contribution in [-0.4, -0.2) is 32.2 Å². The van der Waals surface area contributed by atoms with E-state index in [1.807, 2.05) is 0 Å². The van der Waals surface area contributed by atoms with Gasteiger partial charge in [-0.25, -0.2) is 13.1 Å². The summed E-state index contributed by atoms with van der Waals surface area (Å²) in [5.74, 6) is 0. The summed E-state index contributed by atoms with van der Waals surface area (Å²) in [7, 11) is -1.68. The van der Waals surface area contributed by atoms with Gasteiger partial charge in [0, 0.05) is 38.1 Å². The van der Waals surface area contributed by atoms with Gasteiger partial charge in [-0.3, -0.25) is 0 Å². The fourth-order valence-electron chi connectivity index (χ4n) is 1.84. The summed E-state index contributed by atoms with van der Waals surface area (Å²) in [6, 6.07) is 1.47. The predicted octanol–water partition coefficient (Wildman–Crippen LogP) is -0.449. The van der Waals surface area contributed by atoms with Gasteiger partial charge in [-0.05, 0) is 12.5 Å². The van der Waals surface area contributed by atoms with Gasteiger partial charge in [0.25, 0.3) is 0 Å². The van der Waals surface area contributed by atoms with Crippen molar-refractivity contribution >= 4 is 10.0 Å². The summed E-state index contributed by atoms with van der Waals surface area (Å²) in [6.45, 7) is 1.37. The number of nitrogens with one attached hydrogen (secondary N) is 1. The van der Waals surface area contributed by atoms with Gasteiger partial charge in [-0.2, -0.15) is 0 Å². The SMILES string of the molecule is Cn1cc(S(=O)(=O)NC2CCOC2)cc1CN. The van der Waals surface area contributed by atoms with E-state index in [9.17, 15) is 8.42 Å². The average molecular weight is 259 g/mol. The topological polar surface area (TPSA) is 86.3 Å². The molecule has 96 valence electrons. The Balaban J connectivity index is 2.18. The van der Waals surface area contributed by atoms with Crippen LogP contribution in [0.25, 0.3) is 0 Å². The van der Waals surface area contributed by atoms with Crippen LogP contribution in [0.15, 0.2) is 17.2 Å². The fourth-order valence-corrected chi connectivity index (χ4v) is 3.19. The van der Waals surface area contributed by atoms with Crippen LogP contribution in [0.2, 0.25) is 0 Å². The number of hydrogen-bond acceptors (Lipinski definition) is 4. The Labute approximate surface area is 101 Å². The molecule has 0 bridgehead atoms. The minimum absolute atomic E-state index is 0.124. The maximum absolute atomic E-state index is 12.0. The molecule has 1 fully saturated rings. The van der Waals surface area contributed by atoms with Crippen LogP contribution in [0.4, 0.5) is 0 Å². The number of sulfonamides is 1. The maximum Gasteiger partial charge on any atom is 0.242 e. The second-order valence-electron chi connectivity index (χ2n) is 4.16. The first-order valence-corrected chi connectivity index (χ1v) is 6.96. The van der Waals surface area contributed by atoms with Crippen molar-refractivity contribution < 1.29 is 13.2 Å². The number of ether oxygens (including phenoxy) is 1. The third-order valence-corrected chi connectivity index (χ3v) is 4.34. The Kier molecular flexibility index (Phi) is 3.53. The lowest BCUT2D eigenvalue weighted by Crippen LogP contribution is -2.34. The van der Waals surface area contributed by atoms with Crippen LogP contribution in [0, 0.1) is 0 Å². The van der Waals surface area contributed by atoms with Crippen LogP contribution in [-0.2, 0) is 28.4 Å². The lowest BCUT2D eigenvalue weighted by atomic mass is 10.3. The maximum atomic E-state index is 12.0. The minimum Gasteiger partial charge on any atom is -0.380 e. The largest absolute Gasteiger partial charge is 0.380 e. The highest BCUT2D eigenvalue weighted by molar-refractivity contribution is 7.89. The van der Waals surface area contributed by atoms with Crippen molar-refractivity contribution in [2.45, 2.75) is 23.9 Å². The van der Waals surface area contributed by atoms with E-state index in [0.717, 1.165) is 12.1 Å². The molecule has 1 aromatic heterocycles. The molecule has 1 aliphatic heterocycles. The second kappa shape index (κ2) is 4.77. The van der Waals surface area contributed by atoms with Gasteiger partial charge in [-0.1, -0.05) is 0 Å². The van der Waals surface area contributed by atoms with Gasteiger partial charge >= 0.3 is 0 Å². The minimum atomic E-state index is -3.46. The van der Waals surface area contributed by atoms with Crippen LogP contribution in [0.3, 0.4) is 0 Å². The molecule has 1 saturated heterocycles. The third kappa shape index (κ3) is 2.68. The molecule has 2 heterocycles. The van der Waals surface area contributed by atoms with E-state index in [2.05, 4.69) is 4.72 Å². The van der Waals surface area contributed by atoms with E-state index in [1.165, 1.54) is 0 Å². The van der Waals surface area contributed by atoms with Gasteiger partial charge in [0.2, 0.25) is 10.0 Å². The van der Waals surface area contributed by atoms with Gasteiger partial charge in [0.15, 0.2) is 0 Å². The molecule has 0 amide bonds. The molecule has 1 aromatic rings. The Morgan fingerprint density at radius 3 is 2.94 bits per heavy atom. The van der Waals surface area contributed by atoms with Crippen molar-refractivity contribution in [2.75, 3.05) is 13.2 Å². The first kappa shape index (κ1) is 12.6. The molecule has 0 spiro atoms. The van der Waals surface area contributed by atoms with Crippen molar-refractivity contribution in [3.05, 3.63) is 18.0 Å². The van der Waals surface area contributed by atoms with Crippen molar-refractivity contribution in [1.82, 2.24) is 9.29 Å². The summed E-state index contributed by atoms with van der Waals surface area (Å²) < 4.78 is 33.6. The van der Waals surface area contributed by atoms with Crippen molar-refractivity contribution in [1.29, 1.82) is 0 Å². The first-order chi connectivity index (χ1) is 8.03. The van der Waals surface area contributed by atoms with E-state index in [1.54, 1.807) is 23.9 Å². The molecule has 0 aromatic carbocycles. The van der Waals surface area contributed by atoms with Gasteiger partial charge < -0.3 is 15.0 Å². The Hall–Kier alpha value is -0.890.